The van der Waals surface area contributed by atoms with Crippen LogP contribution in [0.2, 0.25) is 0 Å². The molecule has 10 heavy (non-hydrogen) atoms. The van der Waals surface area contributed by atoms with E-state index in [-0.39, 0.29) is 0 Å². The van der Waals surface area contributed by atoms with E-state index in [2.05, 4.69) is 19.2 Å². The van der Waals surface area contributed by atoms with Crippen LogP contribution in [0.15, 0.2) is 0 Å². The number of nitrogens with one attached hydrogen (secondary N) is 1. The molecule has 0 radical (unpaired) electrons. The van der Waals surface area contributed by atoms with Gasteiger partial charge in [0, 0.05) is 18.7 Å². The lowest BCUT2D eigenvalue weighted by molar-refractivity contribution is 0.188. The van der Waals surface area contributed by atoms with E-state index in [0.29, 0.717) is 12.1 Å². The average Bonchev–Trinajstić information content (AvgIpc) is 2.40. The second kappa shape index (κ2) is 3.94. The minimum absolute atomic E-state index is 0.620. The van der Waals surface area contributed by atoms with Crippen LogP contribution in [0, 0.1) is 0 Å². The largest absolute Gasteiger partial charge is 0.380 e. The van der Waals surface area contributed by atoms with E-state index in [1.165, 1.54) is 12.8 Å². The molecule has 1 rings (SSSR count). The molecule has 0 aromatic rings. The summed E-state index contributed by atoms with van der Waals surface area (Å²) in [5.74, 6) is 0. The second-order valence-electron chi connectivity index (χ2n) is 3.04. The summed E-state index contributed by atoms with van der Waals surface area (Å²) in [5.41, 5.74) is 0. The van der Waals surface area contributed by atoms with Gasteiger partial charge in [0.2, 0.25) is 0 Å². The Morgan fingerprint density at radius 1 is 1.70 bits per heavy atom. The van der Waals surface area contributed by atoms with Crippen molar-refractivity contribution < 1.29 is 4.74 Å². The zero-order valence-electron chi connectivity index (χ0n) is 6.89. The summed E-state index contributed by atoms with van der Waals surface area (Å²) in [7, 11) is 0. The van der Waals surface area contributed by atoms with Gasteiger partial charge in [-0.25, -0.2) is 0 Å². The van der Waals surface area contributed by atoms with Crippen molar-refractivity contribution in [1.29, 1.82) is 0 Å². The highest BCUT2D eigenvalue weighted by atomic mass is 16.5. The number of hydrogen-bond acceptors (Lipinski definition) is 2. The predicted molar refractivity (Wildman–Crippen MR) is 42.1 cm³/mol. The lowest BCUT2D eigenvalue weighted by Gasteiger charge is -2.15. The Morgan fingerprint density at radius 2 is 2.50 bits per heavy atom. The van der Waals surface area contributed by atoms with Crippen molar-refractivity contribution in [2.75, 3.05) is 13.2 Å². The van der Waals surface area contributed by atoms with Gasteiger partial charge in [-0.15, -0.1) is 0 Å². The van der Waals surface area contributed by atoms with Crippen molar-refractivity contribution in [2.24, 2.45) is 0 Å². The van der Waals surface area contributed by atoms with Crippen LogP contribution in [-0.2, 0) is 4.74 Å². The van der Waals surface area contributed by atoms with E-state index < -0.39 is 0 Å². The van der Waals surface area contributed by atoms with Gasteiger partial charge in [0.15, 0.2) is 0 Å². The Kier molecular flexibility index (Phi) is 3.16. The Hall–Kier alpha value is -0.0800. The molecule has 1 heterocycles. The molecular weight excluding hydrogens is 126 g/mol. The SMILES string of the molecule is CCC(C)NC1CCOC1. The van der Waals surface area contributed by atoms with Crippen LogP contribution < -0.4 is 5.32 Å². The molecule has 0 aromatic carbocycles. The third kappa shape index (κ3) is 2.27. The maximum atomic E-state index is 5.24. The Balaban J connectivity index is 2.11. The molecule has 2 nitrogen and oxygen atoms in total. The Labute approximate surface area is 63.0 Å². The van der Waals surface area contributed by atoms with Crippen molar-refractivity contribution in [3.05, 3.63) is 0 Å². The fraction of sp³-hybridized carbons (Fsp3) is 1.00. The molecule has 1 aliphatic heterocycles. The average molecular weight is 143 g/mol. The van der Waals surface area contributed by atoms with E-state index in [9.17, 15) is 0 Å². The normalized spacial score (nSPS) is 28.8. The maximum Gasteiger partial charge on any atom is 0.0620 e. The van der Waals surface area contributed by atoms with Gasteiger partial charge < -0.3 is 10.1 Å². The van der Waals surface area contributed by atoms with E-state index in [0.717, 1.165) is 13.2 Å². The molecule has 60 valence electrons. The number of hydrogen-bond donors (Lipinski definition) is 1. The van der Waals surface area contributed by atoms with Gasteiger partial charge in [-0.1, -0.05) is 6.92 Å². The highest BCUT2D eigenvalue weighted by Crippen LogP contribution is 2.04. The van der Waals surface area contributed by atoms with Gasteiger partial charge >= 0.3 is 0 Å². The summed E-state index contributed by atoms with van der Waals surface area (Å²) in [6.45, 7) is 6.27. The van der Waals surface area contributed by atoms with Crippen LogP contribution in [0.5, 0.6) is 0 Å². The van der Waals surface area contributed by atoms with Crippen LogP contribution >= 0.6 is 0 Å². The molecule has 2 atom stereocenters. The molecule has 0 spiro atoms. The van der Waals surface area contributed by atoms with Crippen LogP contribution in [0.25, 0.3) is 0 Å². The van der Waals surface area contributed by atoms with Crippen LogP contribution in [0.4, 0.5) is 0 Å². The minimum atomic E-state index is 0.620. The standard InChI is InChI=1S/C8H17NO/c1-3-7(2)9-8-4-5-10-6-8/h7-9H,3-6H2,1-2H3. The monoisotopic (exact) mass is 143 g/mol. The van der Waals surface area contributed by atoms with Crippen molar-refractivity contribution in [1.82, 2.24) is 5.32 Å². The van der Waals surface area contributed by atoms with Gasteiger partial charge in [0.1, 0.15) is 0 Å². The molecule has 0 saturated carbocycles. The maximum absolute atomic E-state index is 5.24. The smallest absolute Gasteiger partial charge is 0.0620 e. The van der Waals surface area contributed by atoms with Gasteiger partial charge in [0.05, 0.1) is 6.61 Å². The van der Waals surface area contributed by atoms with Gasteiger partial charge in [-0.2, -0.15) is 0 Å². The lowest BCUT2D eigenvalue weighted by atomic mass is 10.2. The number of ether oxygens (including phenoxy) is 1. The first-order valence-electron chi connectivity index (χ1n) is 4.16. The quantitative estimate of drug-likeness (QED) is 0.640. The third-order valence-corrected chi connectivity index (χ3v) is 2.06. The fourth-order valence-electron chi connectivity index (χ4n) is 1.19. The van der Waals surface area contributed by atoms with Crippen molar-refractivity contribution in [3.8, 4) is 0 Å². The van der Waals surface area contributed by atoms with E-state index in [1.54, 1.807) is 0 Å². The molecule has 1 fully saturated rings. The highest BCUT2D eigenvalue weighted by molar-refractivity contribution is 4.73. The van der Waals surface area contributed by atoms with E-state index in [4.69, 9.17) is 4.74 Å². The molecular formula is C8H17NO. The summed E-state index contributed by atoms with van der Waals surface area (Å²) in [4.78, 5) is 0. The first-order valence-corrected chi connectivity index (χ1v) is 4.16. The van der Waals surface area contributed by atoms with Crippen molar-refractivity contribution >= 4 is 0 Å². The van der Waals surface area contributed by atoms with Crippen LogP contribution in [0.3, 0.4) is 0 Å². The molecule has 2 unspecified atom stereocenters. The summed E-state index contributed by atoms with van der Waals surface area (Å²) >= 11 is 0. The topological polar surface area (TPSA) is 21.3 Å². The van der Waals surface area contributed by atoms with Gasteiger partial charge in [-0.3, -0.25) is 0 Å². The molecule has 1 saturated heterocycles. The third-order valence-electron chi connectivity index (χ3n) is 2.06. The van der Waals surface area contributed by atoms with Crippen molar-refractivity contribution in [3.63, 3.8) is 0 Å². The summed E-state index contributed by atoms with van der Waals surface area (Å²) in [5, 5.41) is 3.50. The summed E-state index contributed by atoms with van der Waals surface area (Å²) in [6, 6.07) is 1.27. The van der Waals surface area contributed by atoms with Crippen LogP contribution in [-0.4, -0.2) is 25.3 Å². The molecule has 0 aromatic heterocycles. The molecule has 1 aliphatic rings. The first kappa shape index (κ1) is 8.02. The Bertz CT molecular complexity index is 89.3. The molecule has 1 N–H and O–H groups in total. The summed E-state index contributed by atoms with van der Waals surface area (Å²) < 4.78 is 5.24. The minimum Gasteiger partial charge on any atom is -0.380 e. The second-order valence-corrected chi connectivity index (χ2v) is 3.04. The number of rotatable bonds is 3. The van der Waals surface area contributed by atoms with Crippen molar-refractivity contribution in [2.45, 2.75) is 38.8 Å². The molecule has 0 aliphatic carbocycles. The molecule has 2 heteroatoms. The molecule has 0 bridgehead atoms. The van der Waals surface area contributed by atoms with E-state index in [1.807, 2.05) is 0 Å². The first-order chi connectivity index (χ1) is 4.83. The van der Waals surface area contributed by atoms with Gasteiger partial charge in [-0.05, 0) is 19.8 Å². The van der Waals surface area contributed by atoms with E-state index >= 15 is 0 Å². The zero-order valence-corrected chi connectivity index (χ0v) is 6.89. The molecule has 0 amide bonds. The lowest BCUT2D eigenvalue weighted by Crippen LogP contribution is -2.36. The Morgan fingerprint density at radius 3 is 3.00 bits per heavy atom. The zero-order chi connectivity index (χ0) is 7.40. The highest BCUT2D eigenvalue weighted by Gasteiger charge is 2.15. The van der Waals surface area contributed by atoms with Gasteiger partial charge in [0.25, 0.3) is 0 Å². The summed E-state index contributed by atoms with van der Waals surface area (Å²) in [6.07, 6.45) is 2.39. The van der Waals surface area contributed by atoms with Crippen LogP contribution in [0.1, 0.15) is 26.7 Å². The predicted octanol–water partition coefficient (Wildman–Crippen LogP) is 1.16. The fourth-order valence-corrected chi connectivity index (χ4v) is 1.19.